The molecule has 9 N–H and O–H groups in total. The summed E-state index contributed by atoms with van der Waals surface area (Å²) in [6.07, 6.45) is 0.302. The summed E-state index contributed by atoms with van der Waals surface area (Å²) in [4.78, 5) is 11.3. The molecule has 32 heavy (non-hydrogen) atoms. The summed E-state index contributed by atoms with van der Waals surface area (Å²) in [6, 6.07) is 7.02. The van der Waals surface area contributed by atoms with Gasteiger partial charge in [0.05, 0.1) is 22.2 Å². The predicted octanol–water partition coefficient (Wildman–Crippen LogP) is 2.35. The Balaban J connectivity index is 0.000000363. The maximum atomic E-state index is 11.0. The van der Waals surface area contributed by atoms with Crippen molar-refractivity contribution in [1.29, 1.82) is 0 Å². The van der Waals surface area contributed by atoms with Gasteiger partial charge in [-0.15, -0.1) is 11.8 Å². The zero-order chi connectivity index (χ0) is 24.7. The monoisotopic (exact) mass is 526 g/mol. The fraction of sp³-hybridized carbons (Fsp3) is 0.235. The van der Waals surface area contributed by atoms with Gasteiger partial charge in [-0.2, -0.15) is 16.8 Å². The molecule has 0 saturated carbocycles. The summed E-state index contributed by atoms with van der Waals surface area (Å²) < 4.78 is 59.6. The van der Waals surface area contributed by atoms with E-state index in [1.54, 1.807) is 12.1 Å². The number of nitrogen functional groups attached to an aromatic ring is 3. The lowest BCUT2D eigenvalue weighted by atomic mass is 10.2. The predicted molar refractivity (Wildman–Crippen MR) is 127 cm³/mol. The first-order valence-corrected chi connectivity index (χ1v) is 13.1. The van der Waals surface area contributed by atoms with Crippen LogP contribution in [0.1, 0.15) is 13.3 Å². The Labute approximate surface area is 195 Å². The number of amides is 1. The molecule has 0 heterocycles. The third-order valence-corrected chi connectivity index (χ3v) is 6.83. The summed E-state index contributed by atoms with van der Waals surface area (Å²) >= 11 is 6.82. The van der Waals surface area contributed by atoms with Crippen LogP contribution in [0.25, 0.3) is 0 Å². The molecule has 2 aromatic rings. The van der Waals surface area contributed by atoms with Crippen LogP contribution in [0, 0.1) is 0 Å². The van der Waals surface area contributed by atoms with Crippen molar-refractivity contribution >= 4 is 72.3 Å². The number of anilines is 4. The van der Waals surface area contributed by atoms with Crippen molar-refractivity contribution in [3.05, 3.63) is 35.4 Å². The van der Waals surface area contributed by atoms with E-state index in [9.17, 15) is 21.6 Å². The molecule has 0 aliphatic heterocycles. The summed E-state index contributed by atoms with van der Waals surface area (Å²) in [5, 5.41) is 2.51. The Morgan fingerprint density at radius 3 is 2.19 bits per heavy atom. The van der Waals surface area contributed by atoms with Gasteiger partial charge in [0, 0.05) is 23.2 Å². The molecule has 0 aliphatic rings. The number of benzene rings is 2. The number of hydrogen-bond acceptors (Lipinski definition) is 9. The third-order valence-electron chi connectivity index (χ3n) is 3.53. The van der Waals surface area contributed by atoms with Crippen molar-refractivity contribution in [3.63, 3.8) is 0 Å². The Hall–Kier alpha value is -2.23. The van der Waals surface area contributed by atoms with Crippen LogP contribution in [0.4, 0.5) is 22.7 Å². The maximum Gasteiger partial charge on any atom is 0.296 e. The number of thioether (sulfide) groups is 1. The fourth-order valence-electron chi connectivity index (χ4n) is 2.18. The van der Waals surface area contributed by atoms with E-state index in [2.05, 4.69) is 5.32 Å². The molecule has 0 saturated heterocycles. The normalized spacial score (nSPS) is 11.4. The average Bonchev–Trinajstić information content (AvgIpc) is 2.63. The van der Waals surface area contributed by atoms with E-state index in [1.807, 2.05) is 0 Å². The second-order valence-electron chi connectivity index (χ2n) is 6.31. The van der Waals surface area contributed by atoms with E-state index >= 15 is 0 Å². The molecule has 0 fully saturated rings. The SMILES string of the molecule is CC(=O)Nc1cc(N)c(SCCCS(=O)(=O)O)cc1N.Nc1ccc(Cl)c(S(=O)(=O)O)c1. The number of nitrogens with one attached hydrogen (secondary N) is 1. The highest BCUT2D eigenvalue weighted by molar-refractivity contribution is 7.99. The van der Waals surface area contributed by atoms with E-state index in [-0.39, 0.29) is 27.3 Å². The molecule has 0 aromatic heterocycles. The molecule has 0 spiro atoms. The van der Waals surface area contributed by atoms with Gasteiger partial charge in [0.25, 0.3) is 20.2 Å². The Morgan fingerprint density at radius 2 is 1.69 bits per heavy atom. The average molecular weight is 527 g/mol. The first kappa shape index (κ1) is 27.8. The summed E-state index contributed by atoms with van der Waals surface area (Å²) in [6.45, 7) is 1.37. The van der Waals surface area contributed by atoms with Gasteiger partial charge in [-0.3, -0.25) is 13.9 Å². The van der Waals surface area contributed by atoms with Crippen molar-refractivity contribution in [3.8, 4) is 0 Å². The molecular weight excluding hydrogens is 504 g/mol. The third kappa shape index (κ3) is 9.93. The smallest absolute Gasteiger partial charge is 0.296 e. The molecule has 0 aliphatic carbocycles. The Kier molecular flexibility index (Phi) is 10.1. The minimum Gasteiger partial charge on any atom is -0.399 e. The maximum absolute atomic E-state index is 11.0. The van der Waals surface area contributed by atoms with Crippen molar-refractivity contribution in [2.75, 3.05) is 34.0 Å². The number of rotatable bonds is 7. The first-order valence-electron chi connectivity index (χ1n) is 8.67. The number of carbonyl (C=O) groups is 1. The number of halogens is 1. The molecule has 0 radical (unpaired) electrons. The van der Waals surface area contributed by atoms with Crippen LogP contribution in [0.5, 0.6) is 0 Å². The van der Waals surface area contributed by atoms with Crippen LogP contribution >= 0.6 is 23.4 Å². The van der Waals surface area contributed by atoms with E-state index in [1.165, 1.54) is 30.8 Å². The summed E-state index contributed by atoms with van der Waals surface area (Å²) in [5.74, 6) is -0.0629. The Bertz CT molecular complexity index is 1190. The number of nitrogens with two attached hydrogens (primary N) is 3. The molecule has 0 unspecified atom stereocenters. The summed E-state index contributed by atoms with van der Waals surface area (Å²) in [5.41, 5.74) is 18.4. The van der Waals surface area contributed by atoms with Crippen molar-refractivity contribution in [1.82, 2.24) is 0 Å². The second kappa shape index (κ2) is 11.6. The number of hydrogen-bond donors (Lipinski definition) is 6. The minimum absolute atomic E-state index is 0.0494. The van der Waals surface area contributed by atoms with Gasteiger partial charge in [-0.25, -0.2) is 0 Å². The van der Waals surface area contributed by atoms with Gasteiger partial charge in [-0.05, 0) is 42.5 Å². The lowest BCUT2D eigenvalue weighted by molar-refractivity contribution is -0.114. The quantitative estimate of drug-likeness (QED) is 0.133. The topological polar surface area (TPSA) is 216 Å². The van der Waals surface area contributed by atoms with Crippen LogP contribution in [0.15, 0.2) is 40.1 Å². The van der Waals surface area contributed by atoms with Gasteiger partial charge >= 0.3 is 0 Å². The highest BCUT2D eigenvalue weighted by Gasteiger charge is 2.14. The first-order chi connectivity index (χ1) is 14.6. The van der Waals surface area contributed by atoms with Crippen molar-refractivity contribution in [2.45, 2.75) is 23.1 Å². The van der Waals surface area contributed by atoms with Crippen LogP contribution in [0.2, 0.25) is 5.02 Å². The van der Waals surface area contributed by atoms with Crippen LogP contribution < -0.4 is 22.5 Å². The molecule has 15 heteroatoms. The molecule has 1 amide bonds. The standard InChI is InChI=1S/C11H17N3O4S2.C6H6ClNO3S/c1-7(15)14-10-5-9(13)11(6-8(10)12)19-3-2-4-20(16,17)18;7-5-2-1-4(8)3-6(5)12(9,10)11/h5-6H,2-4,12-13H2,1H3,(H,14,15)(H,16,17,18);1-3H,8H2,(H,9,10,11). The van der Waals surface area contributed by atoms with Gasteiger partial charge in [0.2, 0.25) is 5.91 Å². The molecule has 178 valence electrons. The molecule has 0 atom stereocenters. The zero-order valence-electron chi connectivity index (χ0n) is 16.8. The van der Waals surface area contributed by atoms with E-state index in [4.69, 9.17) is 37.9 Å². The van der Waals surface area contributed by atoms with E-state index in [0.29, 0.717) is 34.1 Å². The van der Waals surface area contributed by atoms with Gasteiger partial charge < -0.3 is 22.5 Å². The molecule has 2 rings (SSSR count). The van der Waals surface area contributed by atoms with E-state index in [0.717, 1.165) is 6.07 Å². The summed E-state index contributed by atoms with van der Waals surface area (Å²) in [7, 11) is -8.20. The number of carbonyl (C=O) groups excluding carboxylic acids is 1. The molecule has 2 aromatic carbocycles. The lowest BCUT2D eigenvalue weighted by Crippen LogP contribution is -2.09. The van der Waals surface area contributed by atoms with Gasteiger partial charge in [0.15, 0.2) is 0 Å². The Morgan fingerprint density at radius 1 is 1.06 bits per heavy atom. The van der Waals surface area contributed by atoms with Crippen LogP contribution in [-0.4, -0.2) is 43.4 Å². The molecular formula is C17H23ClN4O7S3. The molecule has 11 nitrogen and oxygen atoms in total. The van der Waals surface area contributed by atoms with Gasteiger partial charge in [0.1, 0.15) is 4.90 Å². The largest absolute Gasteiger partial charge is 0.399 e. The second-order valence-corrected chi connectivity index (χ2v) is 10.8. The highest BCUT2D eigenvalue weighted by Crippen LogP contribution is 2.32. The minimum atomic E-state index is -4.27. The van der Waals surface area contributed by atoms with Crippen molar-refractivity contribution < 1.29 is 30.7 Å². The molecule has 0 bridgehead atoms. The lowest BCUT2D eigenvalue weighted by Gasteiger charge is -2.11. The van der Waals surface area contributed by atoms with E-state index < -0.39 is 20.2 Å². The highest BCUT2D eigenvalue weighted by atomic mass is 35.5. The van der Waals surface area contributed by atoms with Gasteiger partial charge in [-0.1, -0.05) is 11.6 Å². The van der Waals surface area contributed by atoms with Crippen molar-refractivity contribution in [2.24, 2.45) is 0 Å². The van der Waals surface area contributed by atoms with Crippen LogP contribution in [-0.2, 0) is 25.0 Å². The van der Waals surface area contributed by atoms with Crippen LogP contribution in [0.3, 0.4) is 0 Å². The zero-order valence-corrected chi connectivity index (χ0v) is 20.0. The fourth-order valence-corrected chi connectivity index (χ4v) is 4.82.